The Morgan fingerprint density at radius 1 is 0.744 bits per heavy atom. The Bertz CT molecular complexity index is 956. The van der Waals surface area contributed by atoms with E-state index in [1.54, 1.807) is 4.90 Å². The lowest BCUT2D eigenvalue weighted by atomic mass is 9.73. The minimum atomic E-state index is -1.06. The van der Waals surface area contributed by atoms with Crippen LogP contribution in [0.1, 0.15) is 57.8 Å². The molecule has 39 heavy (non-hydrogen) atoms. The van der Waals surface area contributed by atoms with Crippen LogP contribution in [-0.2, 0) is 52.7 Å². The number of carbonyl (C=O) groups is 7. The smallest absolute Gasteiger partial charge is 0.333 e. The van der Waals surface area contributed by atoms with Crippen LogP contribution >= 0.6 is 0 Å². The topological polar surface area (TPSA) is 166 Å². The van der Waals surface area contributed by atoms with Crippen LogP contribution in [-0.4, -0.2) is 96.0 Å². The molecule has 14 nitrogen and oxygen atoms in total. The molecule has 3 rings (SSSR count). The minimum absolute atomic E-state index is 0.0693. The quantitative estimate of drug-likeness (QED) is 0.167. The molecule has 5 amide bonds. The third kappa shape index (κ3) is 8.33. The van der Waals surface area contributed by atoms with Crippen molar-refractivity contribution in [1.82, 2.24) is 15.0 Å². The van der Waals surface area contributed by atoms with Crippen molar-refractivity contribution in [1.29, 1.82) is 0 Å². The van der Waals surface area contributed by atoms with Gasteiger partial charge in [-0.2, -0.15) is 0 Å². The monoisotopic (exact) mass is 549 g/mol. The molecule has 0 radical (unpaired) electrons. The van der Waals surface area contributed by atoms with Gasteiger partial charge in [0.25, 0.3) is 23.6 Å². The van der Waals surface area contributed by atoms with Crippen LogP contribution in [0, 0.1) is 17.8 Å². The molecule has 3 heterocycles. The molecule has 3 fully saturated rings. The summed E-state index contributed by atoms with van der Waals surface area (Å²) in [6, 6.07) is 0. The van der Waals surface area contributed by atoms with Gasteiger partial charge in [0.15, 0.2) is 0 Å². The van der Waals surface area contributed by atoms with Crippen LogP contribution in [0.5, 0.6) is 0 Å². The maximum atomic E-state index is 12.7. The van der Waals surface area contributed by atoms with Crippen LogP contribution in [0.3, 0.4) is 0 Å². The van der Waals surface area contributed by atoms with E-state index in [1.165, 1.54) is 0 Å². The second-order valence-corrected chi connectivity index (χ2v) is 9.44. The number of likely N-dealkylation sites (tertiary alicyclic amines) is 1. The molecular formula is C25H31N3O11. The molecule has 3 aliphatic heterocycles. The van der Waals surface area contributed by atoms with E-state index in [1.807, 2.05) is 0 Å². The second kappa shape index (κ2) is 13.8. The first-order valence-electron chi connectivity index (χ1n) is 12.6. The van der Waals surface area contributed by atoms with Crippen LogP contribution in [0.15, 0.2) is 0 Å². The summed E-state index contributed by atoms with van der Waals surface area (Å²) in [7, 11) is 0. The van der Waals surface area contributed by atoms with Crippen molar-refractivity contribution < 1.29 is 52.7 Å². The molecule has 0 N–H and O–H groups in total. The summed E-state index contributed by atoms with van der Waals surface area (Å²) < 4.78 is 10.5. The van der Waals surface area contributed by atoms with Gasteiger partial charge in [-0.1, -0.05) is 5.92 Å². The van der Waals surface area contributed by atoms with E-state index in [-0.39, 0.29) is 96.6 Å². The highest BCUT2D eigenvalue weighted by molar-refractivity contribution is 6.02. The Kier molecular flexibility index (Phi) is 10.5. The van der Waals surface area contributed by atoms with Gasteiger partial charge in [-0.3, -0.25) is 24.0 Å². The van der Waals surface area contributed by atoms with E-state index < -0.39 is 41.0 Å². The van der Waals surface area contributed by atoms with Gasteiger partial charge in [0.2, 0.25) is 5.91 Å². The molecule has 3 aliphatic rings. The Labute approximate surface area is 224 Å². The van der Waals surface area contributed by atoms with Crippen molar-refractivity contribution in [2.45, 2.75) is 57.8 Å². The zero-order valence-electron chi connectivity index (χ0n) is 21.5. The van der Waals surface area contributed by atoms with E-state index in [4.69, 9.17) is 25.6 Å². The summed E-state index contributed by atoms with van der Waals surface area (Å²) in [5.74, 6) is -2.22. The van der Waals surface area contributed by atoms with Gasteiger partial charge in [0.05, 0.1) is 39.1 Å². The first kappa shape index (κ1) is 29.7. The molecule has 0 aromatic rings. The number of hydrogen-bond acceptors (Lipinski definition) is 11. The van der Waals surface area contributed by atoms with Crippen LogP contribution < -0.4 is 0 Å². The molecule has 3 saturated heterocycles. The van der Waals surface area contributed by atoms with Crippen LogP contribution in [0.2, 0.25) is 0 Å². The van der Waals surface area contributed by atoms with Crippen LogP contribution in [0.4, 0.5) is 0 Å². The number of piperidine rings is 1. The van der Waals surface area contributed by atoms with Crippen LogP contribution in [0.25, 0.3) is 0 Å². The highest BCUT2D eigenvalue weighted by atomic mass is 16.7. The SMILES string of the molecule is C#CCOCCOCCC(=O)N1CCC(CC(=O)ON2C(=O)CCC2=O)(CC(=O)ON2C(=O)CCC2=O)CC1. The molecule has 0 saturated carbocycles. The number of hydroxylamine groups is 4. The standard InChI is InChI=1S/C25H31N3O11/c1-2-12-36-14-15-37-13-7-18(29)26-10-8-25(9-11-26,16-23(34)38-27-19(30)3-4-20(27)31)17-24(35)39-28-21(32)5-6-22(28)33/h1H,3-17H2. The first-order chi connectivity index (χ1) is 18.6. The molecule has 14 heteroatoms. The Hall–Kier alpha value is -3.83. The molecule has 212 valence electrons. The summed E-state index contributed by atoms with van der Waals surface area (Å²) in [4.78, 5) is 97.0. The lowest BCUT2D eigenvalue weighted by molar-refractivity contribution is -0.203. The number of nitrogens with zero attached hydrogens (tertiary/aromatic N) is 3. The number of imide groups is 2. The molecule has 0 aliphatic carbocycles. The largest absolute Gasteiger partial charge is 0.379 e. The van der Waals surface area contributed by atoms with Gasteiger partial charge in [-0.05, 0) is 18.3 Å². The van der Waals surface area contributed by atoms with E-state index >= 15 is 0 Å². The first-order valence-corrected chi connectivity index (χ1v) is 12.6. The van der Waals surface area contributed by atoms with E-state index in [0.29, 0.717) is 16.7 Å². The summed E-state index contributed by atoms with van der Waals surface area (Å²) in [6.45, 7) is 1.34. The highest BCUT2D eigenvalue weighted by Crippen LogP contribution is 2.40. The zero-order valence-corrected chi connectivity index (χ0v) is 21.5. The summed E-state index contributed by atoms with van der Waals surface area (Å²) >= 11 is 0. The number of terminal acetylenes is 1. The van der Waals surface area contributed by atoms with Crippen molar-refractivity contribution in [3.63, 3.8) is 0 Å². The maximum absolute atomic E-state index is 12.7. The fourth-order valence-electron chi connectivity index (χ4n) is 4.51. The van der Waals surface area contributed by atoms with Gasteiger partial charge >= 0.3 is 11.9 Å². The normalized spacial score (nSPS) is 18.9. The molecule has 0 unspecified atom stereocenters. The summed E-state index contributed by atoms with van der Waals surface area (Å²) in [5, 5.41) is 0.846. The summed E-state index contributed by atoms with van der Waals surface area (Å²) in [5.41, 5.74) is -1.06. The number of ether oxygens (including phenoxy) is 2. The van der Waals surface area contributed by atoms with Gasteiger partial charge in [-0.25, -0.2) is 9.59 Å². The number of amides is 5. The molecule has 0 spiro atoms. The lowest BCUT2D eigenvalue weighted by Gasteiger charge is -2.41. The third-order valence-electron chi connectivity index (χ3n) is 6.63. The van der Waals surface area contributed by atoms with Crippen molar-refractivity contribution in [3.05, 3.63) is 0 Å². The fourth-order valence-corrected chi connectivity index (χ4v) is 4.51. The third-order valence-corrected chi connectivity index (χ3v) is 6.63. The van der Waals surface area contributed by atoms with E-state index in [2.05, 4.69) is 5.92 Å². The highest BCUT2D eigenvalue weighted by Gasteiger charge is 2.43. The Morgan fingerprint density at radius 2 is 1.21 bits per heavy atom. The summed E-state index contributed by atoms with van der Waals surface area (Å²) in [6.07, 6.45) is 4.58. The predicted molar refractivity (Wildman–Crippen MR) is 127 cm³/mol. The molecular weight excluding hydrogens is 518 g/mol. The van der Waals surface area contributed by atoms with Gasteiger partial charge < -0.3 is 24.0 Å². The van der Waals surface area contributed by atoms with E-state index in [9.17, 15) is 33.6 Å². The average Bonchev–Trinajstić information content (AvgIpc) is 3.38. The molecule has 0 atom stereocenters. The second-order valence-electron chi connectivity index (χ2n) is 9.44. The van der Waals surface area contributed by atoms with Crippen molar-refractivity contribution in [3.8, 4) is 12.3 Å². The number of hydrogen-bond donors (Lipinski definition) is 0. The molecule has 0 bridgehead atoms. The van der Waals surface area contributed by atoms with Crippen molar-refractivity contribution in [2.75, 3.05) is 39.5 Å². The Morgan fingerprint density at radius 3 is 1.67 bits per heavy atom. The molecule has 0 aromatic heterocycles. The van der Waals surface area contributed by atoms with Crippen molar-refractivity contribution in [2.24, 2.45) is 5.41 Å². The minimum Gasteiger partial charge on any atom is -0.379 e. The fraction of sp³-hybridized carbons (Fsp3) is 0.640. The van der Waals surface area contributed by atoms with Gasteiger partial charge in [-0.15, -0.1) is 16.5 Å². The number of rotatable bonds is 13. The van der Waals surface area contributed by atoms with Gasteiger partial charge in [0.1, 0.15) is 6.61 Å². The maximum Gasteiger partial charge on any atom is 0.333 e. The predicted octanol–water partition coefficient (Wildman–Crippen LogP) is -0.354. The zero-order chi connectivity index (χ0) is 28.4. The number of carbonyl (C=O) groups excluding carboxylic acids is 7. The lowest BCUT2D eigenvalue weighted by Crippen LogP contribution is -2.46. The molecule has 0 aromatic carbocycles. The van der Waals surface area contributed by atoms with Gasteiger partial charge in [0, 0.05) is 38.8 Å². The van der Waals surface area contributed by atoms with E-state index in [0.717, 1.165) is 0 Å². The average molecular weight is 550 g/mol. The van der Waals surface area contributed by atoms with Crippen molar-refractivity contribution >= 4 is 41.5 Å². The Balaban J connectivity index is 1.57.